The lowest BCUT2D eigenvalue weighted by Gasteiger charge is -2.03. The highest BCUT2D eigenvalue weighted by Gasteiger charge is 2.19. The molecule has 0 atom stereocenters. The molecule has 0 spiro atoms. The number of hydrogen-bond donors (Lipinski definition) is 3. The van der Waals surface area contributed by atoms with Gasteiger partial charge in [0.05, 0.1) is 10.2 Å². The molecule has 2 aromatic rings. The van der Waals surface area contributed by atoms with Crippen LogP contribution in [0, 0.1) is 0 Å². The van der Waals surface area contributed by atoms with Crippen molar-refractivity contribution in [3.63, 3.8) is 0 Å². The molecule has 1 heterocycles. The Morgan fingerprint density at radius 3 is 2.61 bits per heavy atom. The molecule has 1 aromatic carbocycles. The summed E-state index contributed by atoms with van der Waals surface area (Å²) in [5.41, 5.74) is 0.826. The average molecular weight is 309 g/mol. The number of aromatic carboxylic acids is 1. The maximum atomic E-state index is 11.6. The number of halogens is 1. The smallest absolute Gasteiger partial charge is 0.354 e. The van der Waals surface area contributed by atoms with Crippen LogP contribution >= 0.6 is 15.9 Å². The van der Waals surface area contributed by atoms with Crippen molar-refractivity contribution in [3.05, 3.63) is 41.0 Å². The number of hydrogen-bond acceptors (Lipinski definition) is 2. The maximum absolute atomic E-state index is 11.6. The van der Waals surface area contributed by atoms with Crippen LogP contribution in [0.1, 0.15) is 10.5 Å². The number of fused-ring (bicyclic) bond motifs is 1. The lowest BCUT2D eigenvalue weighted by Crippen LogP contribution is -2.13. The monoisotopic (exact) mass is 308 g/mol. The van der Waals surface area contributed by atoms with Crippen molar-refractivity contribution < 1.29 is 14.7 Å². The Labute approximate surface area is 111 Å². The van der Waals surface area contributed by atoms with Gasteiger partial charge >= 0.3 is 5.97 Å². The maximum Gasteiger partial charge on any atom is 0.354 e. The Bertz CT molecular complexity index is 660. The molecule has 1 aromatic heterocycles. The van der Waals surface area contributed by atoms with Gasteiger partial charge in [-0.15, -0.1) is 0 Å². The van der Waals surface area contributed by atoms with Gasteiger partial charge in [0.15, 0.2) is 0 Å². The molecule has 0 radical (unpaired) electrons. The standard InChI is InChI=1S/C12H9BrN2O3/c1-6(13)11(16)15-9-7-4-2-3-5-8(7)14-10(9)12(17)18/h2-5,14H,1H2,(H,15,16)(H,17,18). The Kier molecular flexibility index (Phi) is 3.20. The molecule has 0 fully saturated rings. The lowest BCUT2D eigenvalue weighted by atomic mass is 10.2. The largest absolute Gasteiger partial charge is 0.477 e. The summed E-state index contributed by atoms with van der Waals surface area (Å²) in [4.78, 5) is 25.4. The van der Waals surface area contributed by atoms with Crippen molar-refractivity contribution >= 4 is 44.4 Å². The van der Waals surface area contributed by atoms with E-state index in [1.54, 1.807) is 24.3 Å². The first-order valence-electron chi connectivity index (χ1n) is 5.00. The first kappa shape index (κ1) is 12.4. The van der Waals surface area contributed by atoms with Gasteiger partial charge in [0, 0.05) is 10.9 Å². The second-order valence-electron chi connectivity index (χ2n) is 3.58. The van der Waals surface area contributed by atoms with E-state index in [1.807, 2.05) is 0 Å². The van der Waals surface area contributed by atoms with Crippen LogP contribution in [0.4, 0.5) is 5.69 Å². The number of aromatic amines is 1. The molecular weight excluding hydrogens is 300 g/mol. The summed E-state index contributed by atoms with van der Waals surface area (Å²) >= 11 is 2.95. The number of anilines is 1. The fraction of sp³-hybridized carbons (Fsp3) is 0. The highest BCUT2D eigenvalue weighted by Crippen LogP contribution is 2.28. The van der Waals surface area contributed by atoms with Crippen LogP contribution < -0.4 is 5.32 Å². The van der Waals surface area contributed by atoms with Crippen LogP contribution in [0.3, 0.4) is 0 Å². The van der Waals surface area contributed by atoms with Gasteiger partial charge < -0.3 is 15.4 Å². The SMILES string of the molecule is C=C(Br)C(=O)Nc1c(C(=O)O)[nH]c2ccccc12. The Hall–Kier alpha value is -2.08. The number of carbonyl (C=O) groups is 2. The van der Waals surface area contributed by atoms with Crippen LogP contribution in [0.5, 0.6) is 0 Å². The fourth-order valence-corrected chi connectivity index (χ4v) is 1.71. The van der Waals surface area contributed by atoms with Crippen LogP contribution in [-0.4, -0.2) is 22.0 Å². The fourth-order valence-electron chi connectivity index (χ4n) is 1.61. The second kappa shape index (κ2) is 4.66. The van der Waals surface area contributed by atoms with Crippen LogP contribution in [0.15, 0.2) is 35.3 Å². The molecule has 92 valence electrons. The first-order chi connectivity index (χ1) is 8.50. The van der Waals surface area contributed by atoms with Crippen LogP contribution in [0.2, 0.25) is 0 Å². The van der Waals surface area contributed by atoms with Gasteiger partial charge in [0.1, 0.15) is 5.69 Å². The van der Waals surface area contributed by atoms with Crippen molar-refractivity contribution in [2.45, 2.75) is 0 Å². The molecule has 0 saturated heterocycles. The van der Waals surface area contributed by atoms with Gasteiger partial charge in [-0.25, -0.2) is 4.79 Å². The topological polar surface area (TPSA) is 82.2 Å². The minimum atomic E-state index is -1.14. The molecule has 0 aliphatic heterocycles. The van der Waals surface area contributed by atoms with Gasteiger partial charge in [-0.3, -0.25) is 4.79 Å². The number of nitrogens with one attached hydrogen (secondary N) is 2. The van der Waals surface area contributed by atoms with Crippen LogP contribution in [-0.2, 0) is 4.79 Å². The number of amides is 1. The Balaban J connectivity index is 2.58. The molecule has 18 heavy (non-hydrogen) atoms. The predicted molar refractivity (Wildman–Crippen MR) is 72.0 cm³/mol. The van der Waals surface area contributed by atoms with Crippen molar-refractivity contribution in [2.24, 2.45) is 0 Å². The molecule has 5 nitrogen and oxygen atoms in total. The molecule has 3 N–H and O–H groups in total. The van der Waals surface area contributed by atoms with Gasteiger partial charge in [0.2, 0.25) is 0 Å². The molecule has 0 unspecified atom stereocenters. The summed E-state index contributed by atoms with van der Waals surface area (Å²) < 4.78 is 0.129. The summed E-state index contributed by atoms with van der Waals surface area (Å²) in [7, 11) is 0. The summed E-state index contributed by atoms with van der Waals surface area (Å²) in [5.74, 6) is -1.62. The van der Waals surface area contributed by atoms with Crippen molar-refractivity contribution in [3.8, 4) is 0 Å². The predicted octanol–water partition coefficient (Wildman–Crippen LogP) is 2.71. The lowest BCUT2D eigenvalue weighted by molar-refractivity contribution is -0.112. The van der Waals surface area contributed by atoms with Gasteiger partial charge in [-0.2, -0.15) is 0 Å². The summed E-state index contributed by atoms with van der Waals surface area (Å²) in [5, 5.41) is 12.3. The Morgan fingerprint density at radius 2 is 2.00 bits per heavy atom. The Morgan fingerprint density at radius 1 is 1.33 bits per heavy atom. The van der Waals surface area contributed by atoms with E-state index in [2.05, 4.69) is 32.8 Å². The number of benzene rings is 1. The molecule has 0 aliphatic carbocycles. The van der Waals surface area contributed by atoms with E-state index in [9.17, 15) is 9.59 Å². The molecule has 6 heteroatoms. The zero-order valence-electron chi connectivity index (χ0n) is 9.16. The quantitative estimate of drug-likeness (QED) is 0.762. The van der Waals surface area contributed by atoms with E-state index < -0.39 is 11.9 Å². The number of carbonyl (C=O) groups excluding carboxylic acids is 1. The molecule has 2 rings (SSSR count). The minimum absolute atomic E-state index is 0.0571. The zero-order valence-corrected chi connectivity index (χ0v) is 10.7. The normalized spacial score (nSPS) is 10.3. The van der Waals surface area contributed by atoms with E-state index in [4.69, 9.17) is 5.11 Å². The second-order valence-corrected chi connectivity index (χ2v) is 4.54. The number of rotatable bonds is 3. The van der Waals surface area contributed by atoms with E-state index >= 15 is 0 Å². The number of carboxylic acids is 1. The number of aromatic nitrogens is 1. The van der Waals surface area contributed by atoms with Gasteiger partial charge in [-0.05, 0) is 22.0 Å². The summed E-state index contributed by atoms with van der Waals surface area (Å²) in [6.07, 6.45) is 0. The van der Waals surface area contributed by atoms with Crippen molar-refractivity contribution in [2.75, 3.05) is 5.32 Å². The average Bonchev–Trinajstić information content (AvgIpc) is 2.68. The van der Waals surface area contributed by atoms with E-state index in [0.717, 1.165) is 0 Å². The van der Waals surface area contributed by atoms with E-state index in [-0.39, 0.29) is 15.9 Å². The van der Waals surface area contributed by atoms with Gasteiger partial charge in [0.25, 0.3) is 5.91 Å². The van der Waals surface area contributed by atoms with Crippen LogP contribution in [0.25, 0.3) is 10.9 Å². The highest BCUT2D eigenvalue weighted by atomic mass is 79.9. The first-order valence-corrected chi connectivity index (χ1v) is 5.79. The number of carboxylic acid groups (broad SMARTS) is 1. The van der Waals surface area contributed by atoms with E-state index in [0.29, 0.717) is 10.9 Å². The van der Waals surface area contributed by atoms with Crippen molar-refractivity contribution in [1.82, 2.24) is 4.98 Å². The third kappa shape index (κ3) is 2.14. The number of para-hydroxylation sites is 1. The summed E-state index contributed by atoms with van der Waals surface area (Å²) in [6, 6.07) is 7.01. The third-order valence-electron chi connectivity index (χ3n) is 2.40. The van der Waals surface area contributed by atoms with E-state index in [1.165, 1.54) is 0 Å². The molecule has 1 amide bonds. The molecule has 0 saturated carbocycles. The highest BCUT2D eigenvalue weighted by molar-refractivity contribution is 9.12. The molecule has 0 bridgehead atoms. The minimum Gasteiger partial charge on any atom is -0.477 e. The van der Waals surface area contributed by atoms with Crippen molar-refractivity contribution in [1.29, 1.82) is 0 Å². The third-order valence-corrected chi connectivity index (χ3v) is 2.76. The zero-order chi connectivity index (χ0) is 13.3. The van der Waals surface area contributed by atoms with Gasteiger partial charge in [-0.1, -0.05) is 24.8 Å². The molecule has 0 aliphatic rings. The summed E-state index contributed by atoms with van der Waals surface area (Å²) in [6.45, 7) is 3.44. The molecular formula is C12H9BrN2O3. The number of H-pyrrole nitrogens is 1.